The fourth-order valence-electron chi connectivity index (χ4n) is 2.09. The van der Waals surface area contributed by atoms with E-state index in [1.807, 2.05) is 13.8 Å². The summed E-state index contributed by atoms with van der Waals surface area (Å²) in [6, 6.07) is 6.87. The molecule has 0 atom stereocenters. The third kappa shape index (κ3) is 7.77. The molecule has 2 aromatic carbocycles. The highest BCUT2D eigenvalue weighted by Gasteiger charge is 2.08. The predicted molar refractivity (Wildman–Crippen MR) is 106 cm³/mol. The van der Waals surface area contributed by atoms with Gasteiger partial charge in [0, 0.05) is 17.3 Å². The summed E-state index contributed by atoms with van der Waals surface area (Å²) in [5, 5.41) is 2.62. The lowest BCUT2D eigenvalue weighted by Gasteiger charge is -2.13. The van der Waals surface area contributed by atoms with Crippen LogP contribution in [0.4, 0.5) is 14.5 Å². The molecular formula is C22H29F2NO2. The highest BCUT2D eigenvalue weighted by molar-refractivity contribution is 5.76. The third-order valence-corrected chi connectivity index (χ3v) is 4.18. The number of halogens is 2. The zero-order valence-corrected chi connectivity index (χ0v) is 17.0. The van der Waals surface area contributed by atoms with E-state index >= 15 is 0 Å². The maximum absolute atomic E-state index is 13.5. The Morgan fingerprint density at radius 3 is 2.07 bits per heavy atom. The SMILES string of the molecule is CCC(C)(C)C.Cc1cc(OCc2ccc(F)cc2F)cc(C)c1NC=O. The van der Waals surface area contributed by atoms with Gasteiger partial charge in [0.05, 0.1) is 0 Å². The second kappa shape index (κ2) is 10.0. The van der Waals surface area contributed by atoms with Crippen molar-refractivity contribution in [3.63, 3.8) is 0 Å². The number of rotatable bonds is 5. The second-order valence-electron chi connectivity index (χ2n) is 7.63. The molecule has 0 aliphatic rings. The maximum Gasteiger partial charge on any atom is 0.211 e. The summed E-state index contributed by atoms with van der Waals surface area (Å²) in [7, 11) is 0. The van der Waals surface area contributed by atoms with E-state index in [9.17, 15) is 13.6 Å². The van der Waals surface area contributed by atoms with Crippen molar-refractivity contribution in [3.05, 3.63) is 58.7 Å². The summed E-state index contributed by atoms with van der Waals surface area (Å²) in [4.78, 5) is 10.5. The minimum Gasteiger partial charge on any atom is -0.489 e. The second-order valence-corrected chi connectivity index (χ2v) is 7.63. The van der Waals surface area contributed by atoms with Crippen LogP contribution in [0.2, 0.25) is 0 Å². The lowest BCUT2D eigenvalue weighted by Crippen LogP contribution is -2.02. The van der Waals surface area contributed by atoms with Crippen molar-refractivity contribution in [2.45, 2.75) is 54.6 Å². The molecule has 1 N–H and O–H groups in total. The van der Waals surface area contributed by atoms with Crippen LogP contribution in [0.25, 0.3) is 0 Å². The van der Waals surface area contributed by atoms with Crippen LogP contribution in [-0.4, -0.2) is 6.41 Å². The van der Waals surface area contributed by atoms with Crippen molar-refractivity contribution < 1.29 is 18.3 Å². The molecule has 1 amide bonds. The number of nitrogens with one attached hydrogen (secondary N) is 1. The van der Waals surface area contributed by atoms with Crippen molar-refractivity contribution in [3.8, 4) is 5.75 Å². The molecule has 0 saturated carbocycles. The van der Waals surface area contributed by atoms with Crippen LogP contribution in [0.5, 0.6) is 5.75 Å². The number of ether oxygens (including phenoxy) is 1. The highest BCUT2D eigenvalue weighted by atomic mass is 19.1. The number of aryl methyl sites for hydroxylation is 2. The quantitative estimate of drug-likeness (QED) is 0.633. The van der Waals surface area contributed by atoms with Gasteiger partial charge < -0.3 is 10.1 Å². The van der Waals surface area contributed by atoms with E-state index in [2.05, 4.69) is 33.0 Å². The van der Waals surface area contributed by atoms with Gasteiger partial charge in [0.2, 0.25) is 6.41 Å². The molecule has 0 saturated heterocycles. The van der Waals surface area contributed by atoms with Crippen molar-refractivity contribution in [1.82, 2.24) is 0 Å². The Hall–Kier alpha value is -2.43. The Kier molecular flexibility index (Phi) is 8.41. The normalized spacial score (nSPS) is 10.7. The molecule has 0 aliphatic carbocycles. The molecule has 0 bridgehead atoms. The van der Waals surface area contributed by atoms with Gasteiger partial charge in [-0.25, -0.2) is 8.78 Å². The van der Waals surface area contributed by atoms with E-state index in [1.165, 1.54) is 18.6 Å². The number of carbonyl (C=O) groups excluding carboxylic acids is 1. The fraction of sp³-hybridized carbons (Fsp3) is 0.409. The third-order valence-electron chi connectivity index (χ3n) is 4.18. The summed E-state index contributed by atoms with van der Waals surface area (Å²) in [6.07, 6.45) is 1.89. The first-order chi connectivity index (χ1) is 12.6. The van der Waals surface area contributed by atoms with Gasteiger partial charge in [0.15, 0.2) is 0 Å². The van der Waals surface area contributed by atoms with Crippen molar-refractivity contribution in [1.29, 1.82) is 0 Å². The number of amides is 1. The van der Waals surface area contributed by atoms with Gasteiger partial charge in [0.1, 0.15) is 24.0 Å². The first kappa shape index (κ1) is 22.6. The van der Waals surface area contributed by atoms with Gasteiger partial charge >= 0.3 is 0 Å². The number of carbonyl (C=O) groups is 1. The first-order valence-corrected chi connectivity index (χ1v) is 8.95. The average Bonchev–Trinajstić information content (AvgIpc) is 2.57. The molecule has 0 fully saturated rings. The molecule has 0 radical (unpaired) electrons. The minimum absolute atomic E-state index is 0.00541. The van der Waals surface area contributed by atoms with Gasteiger partial charge in [0.25, 0.3) is 0 Å². The van der Waals surface area contributed by atoms with Gasteiger partial charge in [-0.3, -0.25) is 4.79 Å². The molecule has 0 aliphatic heterocycles. The van der Waals surface area contributed by atoms with Crippen LogP contribution in [-0.2, 0) is 11.4 Å². The lowest BCUT2D eigenvalue weighted by atomic mass is 9.94. The number of hydrogen-bond acceptors (Lipinski definition) is 2. The van der Waals surface area contributed by atoms with Crippen LogP contribution in [0, 0.1) is 30.9 Å². The molecule has 5 heteroatoms. The van der Waals surface area contributed by atoms with Crippen LogP contribution in [0.3, 0.4) is 0 Å². The maximum atomic E-state index is 13.5. The summed E-state index contributed by atoms with van der Waals surface area (Å²) in [5.41, 5.74) is 3.24. The molecule has 0 unspecified atom stereocenters. The Balaban J connectivity index is 0.000000527. The first-order valence-electron chi connectivity index (χ1n) is 8.95. The Bertz CT molecular complexity index is 744. The van der Waals surface area contributed by atoms with E-state index in [0.717, 1.165) is 22.9 Å². The Morgan fingerprint density at radius 1 is 1.07 bits per heavy atom. The topological polar surface area (TPSA) is 38.3 Å². The van der Waals surface area contributed by atoms with E-state index in [-0.39, 0.29) is 12.2 Å². The summed E-state index contributed by atoms with van der Waals surface area (Å²) in [6.45, 7) is 12.6. The average molecular weight is 377 g/mol. The number of anilines is 1. The van der Waals surface area contributed by atoms with Crippen molar-refractivity contribution in [2.75, 3.05) is 5.32 Å². The number of hydrogen-bond donors (Lipinski definition) is 1. The van der Waals surface area contributed by atoms with E-state index in [0.29, 0.717) is 17.6 Å². The summed E-state index contributed by atoms with van der Waals surface area (Å²) >= 11 is 0. The standard InChI is InChI=1S/C16H15F2NO2.C6H14/c1-10-5-14(6-11(2)16(10)19-9-20)21-8-12-3-4-13(17)7-15(12)18;1-5-6(2,3)4/h3-7,9H,8H2,1-2H3,(H,19,20);5H2,1-4H3. The summed E-state index contributed by atoms with van der Waals surface area (Å²) < 4.78 is 31.9. The molecule has 3 nitrogen and oxygen atoms in total. The Morgan fingerprint density at radius 2 is 1.63 bits per heavy atom. The monoisotopic (exact) mass is 377 g/mol. The molecule has 27 heavy (non-hydrogen) atoms. The van der Waals surface area contributed by atoms with Crippen LogP contribution < -0.4 is 10.1 Å². The number of benzene rings is 2. The Labute approximate surface area is 160 Å². The molecule has 0 heterocycles. The van der Waals surface area contributed by atoms with Crippen LogP contribution >= 0.6 is 0 Å². The van der Waals surface area contributed by atoms with Crippen molar-refractivity contribution >= 4 is 12.1 Å². The van der Waals surface area contributed by atoms with Crippen LogP contribution in [0.15, 0.2) is 30.3 Å². The zero-order chi connectivity index (χ0) is 20.6. The highest BCUT2D eigenvalue weighted by Crippen LogP contribution is 2.26. The molecule has 0 aromatic heterocycles. The molecule has 148 valence electrons. The van der Waals surface area contributed by atoms with Gasteiger partial charge in [-0.05, 0) is 54.7 Å². The minimum atomic E-state index is -0.636. The fourth-order valence-corrected chi connectivity index (χ4v) is 2.09. The van der Waals surface area contributed by atoms with Gasteiger partial charge in [-0.1, -0.05) is 34.1 Å². The molecular weight excluding hydrogens is 348 g/mol. The van der Waals surface area contributed by atoms with E-state index in [4.69, 9.17) is 4.74 Å². The predicted octanol–water partition coefficient (Wildman–Crippen LogP) is 6.17. The largest absolute Gasteiger partial charge is 0.489 e. The van der Waals surface area contributed by atoms with Crippen molar-refractivity contribution in [2.24, 2.45) is 5.41 Å². The molecule has 0 spiro atoms. The summed E-state index contributed by atoms with van der Waals surface area (Å²) in [5.74, 6) is -0.694. The van der Waals surface area contributed by atoms with Gasteiger partial charge in [-0.15, -0.1) is 0 Å². The van der Waals surface area contributed by atoms with E-state index in [1.54, 1.807) is 12.1 Å². The van der Waals surface area contributed by atoms with Gasteiger partial charge in [-0.2, -0.15) is 0 Å². The zero-order valence-electron chi connectivity index (χ0n) is 17.0. The molecule has 2 aromatic rings. The van der Waals surface area contributed by atoms with E-state index < -0.39 is 11.6 Å². The lowest BCUT2D eigenvalue weighted by molar-refractivity contribution is -0.105. The smallest absolute Gasteiger partial charge is 0.211 e. The van der Waals surface area contributed by atoms with Crippen LogP contribution in [0.1, 0.15) is 50.8 Å². The molecule has 2 rings (SSSR count).